The SMILES string of the molecule is COc1cc2c(cc1OC)-c1cc3ccc(O)cc3c[n+]1CC2.[Cl-]. The quantitative estimate of drug-likeness (QED) is 0.670. The molecule has 5 heteroatoms. The van der Waals surface area contributed by atoms with E-state index in [2.05, 4.69) is 22.9 Å². The van der Waals surface area contributed by atoms with Gasteiger partial charge in [-0.05, 0) is 35.2 Å². The minimum atomic E-state index is 0. The lowest BCUT2D eigenvalue weighted by Crippen LogP contribution is -3.00. The number of nitrogens with zero attached hydrogens (tertiary/aromatic N) is 1. The molecular weight excluding hydrogens is 326 g/mol. The second-order valence-corrected chi connectivity index (χ2v) is 5.78. The van der Waals surface area contributed by atoms with E-state index in [0.717, 1.165) is 40.9 Å². The zero-order valence-corrected chi connectivity index (χ0v) is 14.3. The van der Waals surface area contributed by atoms with Gasteiger partial charge in [0.1, 0.15) is 5.75 Å². The smallest absolute Gasteiger partial charge is 0.213 e. The number of fused-ring (bicyclic) bond motifs is 4. The Bertz CT molecular complexity index is 924. The highest BCUT2D eigenvalue weighted by molar-refractivity contribution is 5.85. The Labute approximate surface area is 146 Å². The van der Waals surface area contributed by atoms with E-state index in [4.69, 9.17) is 9.47 Å². The number of rotatable bonds is 2. The number of benzene rings is 2. The lowest BCUT2D eigenvalue weighted by molar-refractivity contribution is -0.686. The molecule has 1 aliphatic heterocycles. The molecule has 2 aromatic carbocycles. The third-order valence-electron chi connectivity index (χ3n) is 4.47. The van der Waals surface area contributed by atoms with Crippen molar-refractivity contribution in [1.29, 1.82) is 0 Å². The molecule has 0 atom stereocenters. The fraction of sp³-hybridized carbons (Fsp3) is 0.211. The summed E-state index contributed by atoms with van der Waals surface area (Å²) < 4.78 is 13.1. The standard InChI is InChI=1S/C19H17NO3.ClH/c1-22-18-9-13-5-6-20-11-14-7-15(21)4-3-12(14)8-17(20)16(13)10-19(18)23-2;/h3-4,7-11H,5-6H2,1-2H3;1H. The van der Waals surface area contributed by atoms with Crippen LogP contribution in [0.1, 0.15) is 5.56 Å². The normalized spacial score (nSPS) is 12.1. The average Bonchev–Trinajstić information content (AvgIpc) is 2.58. The van der Waals surface area contributed by atoms with Crippen molar-refractivity contribution in [2.45, 2.75) is 13.0 Å². The van der Waals surface area contributed by atoms with Gasteiger partial charge in [0.15, 0.2) is 24.2 Å². The summed E-state index contributed by atoms with van der Waals surface area (Å²) in [7, 11) is 3.32. The lowest BCUT2D eigenvalue weighted by Gasteiger charge is -2.18. The number of aryl methyl sites for hydroxylation is 2. The highest BCUT2D eigenvalue weighted by Gasteiger charge is 2.25. The van der Waals surface area contributed by atoms with Gasteiger partial charge in [-0.15, -0.1) is 0 Å². The molecule has 4 rings (SSSR count). The van der Waals surface area contributed by atoms with Crippen LogP contribution < -0.4 is 26.4 Å². The third kappa shape index (κ3) is 2.53. The lowest BCUT2D eigenvalue weighted by atomic mass is 9.95. The number of hydrogen-bond acceptors (Lipinski definition) is 3. The van der Waals surface area contributed by atoms with Crippen LogP contribution in [-0.4, -0.2) is 19.3 Å². The van der Waals surface area contributed by atoms with Gasteiger partial charge in [0, 0.05) is 17.9 Å². The van der Waals surface area contributed by atoms with Crippen molar-refractivity contribution in [3.63, 3.8) is 0 Å². The molecule has 0 fully saturated rings. The topological polar surface area (TPSA) is 42.6 Å². The Morgan fingerprint density at radius 1 is 0.958 bits per heavy atom. The second-order valence-electron chi connectivity index (χ2n) is 5.78. The summed E-state index contributed by atoms with van der Waals surface area (Å²) in [5, 5.41) is 11.8. The van der Waals surface area contributed by atoms with Crippen molar-refractivity contribution >= 4 is 10.8 Å². The first-order valence-corrected chi connectivity index (χ1v) is 7.61. The van der Waals surface area contributed by atoms with Crippen molar-refractivity contribution in [2.75, 3.05) is 14.2 Å². The number of halogens is 1. The van der Waals surface area contributed by atoms with Crippen molar-refractivity contribution in [3.8, 4) is 28.5 Å². The Hall–Kier alpha value is -2.46. The van der Waals surface area contributed by atoms with Crippen LogP contribution in [0, 0.1) is 0 Å². The van der Waals surface area contributed by atoms with Gasteiger partial charge >= 0.3 is 0 Å². The fourth-order valence-corrected chi connectivity index (χ4v) is 3.30. The van der Waals surface area contributed by atoms with Crippen LogP contribution in [0.15, 0.2) is 42.6 Å². The first-order valence-electron chi connectivity index (χ1n) is 7.61. The van der Waals surface area contributed by atoms with Crippen molar-refractivity contribution in [2.24, 2.45) is 0 Å². The predicted octanol–water partition coefficient (Wildman–Crippen LogP) is 0.0772. The maximum Gasteiger partial charge on any atom is 0.213 e. The second kappa shape index (κ2) is 6.21. The first-order chi connectivity index (χ1) is 11.2. The summed E-state index contributed by atoms with van der Waals surface area (Å²) >= 11 is 0. The Morgan fingerprint density at radius 3 is 2.46 bits per heavy atom. The summed E-state index contributed by atoms with van der Waals surface area (Å²) in [6.45, 7) is 0.906. The summed E-state index contributed by atoms with van der Waals surface area (Å²) in [5.74, 6) is 1.80. The Balaban J connectivity index is 0.00000169. The maximum atomic E-state index is 9.68. The van der Waals surface area contributed by atoms with Gasteiger partial charge in [-0.3, -0.25) is 0 Å². The molecule has 0 saturated carbocycles. The molecule has 0 unspecified atom stereocenters. The van der Waals surface area contributed by atoms with Gasteiger partial charge in [-0.1, -0.05) is 6.07 Å². The molecule has 4 nitrogen and oxygen atoms in total. The van der Waals surface area contributed by atoms with Crippen LogP contribution >= 0.6 is 0 Å². The molecule has 0 bridgehead atoms. The summed E-state index contributed by atoms with van der Waals surface area (Å²) in [5.41, 5.74) is 3.59. The van der Waals surface area contributed by atoms with E-state index in [1.807, 2.05) is 12.1 Å². The van der Waals surface area contributed by atoms with E-state index in [-0.39, 0.29) is 12.4 Å². The van der Waals surface area contributed by atoms with E-state index in [0.29, 0.717) is 5.75 Å². The van der Waals surface area contributed by atoms with Crippen LogP contribution in [0.3, 0.4) is 0 Å². The van der Waals surface area contributed by atoms with Crippen molar-refractivity contribution in [3.05, 3.63) is 48.2 Å². The number of methoxy groups -OCH3 is 2. The summed E-state index contributed by atoms with van der Waals surface area (Å²) in [6, 6.07) is 11.7. The number of phenols is 1. The largest absolute Gasteiger partial charge is 1.00 e. The van der Waals surface area contributed by atoms with Crippen LogP contribution in [0.2, 0.25) is 0 Å². The molecule has 124 valence electrons. The molecule has 3 aromatic rings. The highest BCUT2D eigenvalue weighted by Crippen LogP contribution is 2.37. The Morgan fingerprint density at radius 2 is 1.71 bits per heavy atom. The fourth-order valence-electron chi connectivity index (χ4n) is 3.30. The predicted molar refractivity (Wildman–Crippen MR) is 88.1 cm³/mol. The maximum absolute atomic E-state index is 9.68. The Kier molecular flexibility index (Phi) is 4.24. The third-order valence-corrected chi connectivity index (χ3v) is 4.47. The highest BCUT2D eigenvalue weighted by atomic mass is 35.5. The van der Waals surface area contributed by atoms with Gasteiger partial charge in [0.05, 0.1) is 19.8 Å². The number of hydrogen-bond donors (Lipinski definition) is 1. The number of aromatic hydroxyl groups is 1. The molecule has 0 saturated heterocycles. The average molecular weight is 344 g/mol. The van der Waals surface area contributed by atoms with Crippen LogP contribution in [0.25, 0.3) is 22.0 Å². The van der Waals surface area contributed by atoms with Crippen LogP contribution in [-0.2, 0) is 13.0 Å². The minimum Gasteiger partial charge on any atom is -1.00 e. The molecule has 0 aliphatic carbocycles. The summed E-state index contributed by atoms with van der Waals surface area (Å²) in [6.07, 6.45) is 3.04. The molecule has 0 radical (unpaired) electrons. The van der Waals surface area contributed by atoms with Gasteiger partial charge < -0.3 is 27.0 Å². The molecule has 1 N–H and O–H groups in total. The van der Waals surface area contributed by atoms with Crippen LogP contribution in [0.4, 0.5) is 0 Å². The molecule has 1 aromatic heterocycles. The van der Waals surface area contributed by atoms with Gasteiger partial charge in [-0.25, -0.2) is 0 Å². The number of aromatic nitrogens is 1. The van der Waals surface area contributed by atoms with Gasteiger partial charge in [0.2, 0.25) is 5.69 Å². The van der Waals surface area contributed by atoms with Gasteiger partial charge in [-0.2, -0.15) is 4.57 Å². The zero-order chi connectivity index (χ0) is 16.0. The van der Waals surface area contributed by atoms with E-state index < -0.39 is 0 Å². The monoisotopic (exact) mass is 343 g/mol. The molecule has 1 aliphatic rings. The zero-order valence-electron chi connectivity index (χ0n) is 13.5. The van der Waals surface area contributed by atoms with Crippen LogP contribution in [0.5, 0.6) is 17.2 Å². The molecular formula is C19H18ClNO3. The molecule has 0 amide bonds. The molecule has 24 heavy (non-hydrogen) atoms. The van der Waals surface area contributed by atoms with Gasteiger partial charge in [0.25, 0.3) is 0 Å². The van der Waals surface area contributed by atoms with E-state index >= 15 is 0 Å². The van der Waals surface area contributed by atoms with Crippen molar-refractivity contribution in [1.82, 2.24) is 0 Å². The minimum absolute atomic E-state index is 0. The molecule has 0 spiro atoms. The molecule has 2 heterocycles. The van der Waals surface area contributed by atoms with E-state index in [1.165, 1.54) is 11.1 Å². The summed E-state index contributed by atoms with van der Waals surface area (Å²) in [4.78, 5) is 0. The van der Waals surface area contributed by atoms with E-state index in [9.17, 15) is 5.11 Å². The number of phenolic OH excluding ortho intramolecular Hbond substituents is 1. The van der Waals surface area contributed by atoms with E-state index in [1.54, 1.807) is 26.4 Å². The number of ether oxygens (including phenoxy) is 2. The number of pyridine rings is 1. The van der Waals surface area contributed by atoms with Crippen molar-refractivity contribution < 1.29 is 31.6 Å². The first kappa shape index (κ1) is 16.4.